The van der Waals surface area contributed by atoms with Crippen molar-refractivity contribution >= 4 is 11.8 Å². The molecular formula is C27H29F2N5O2. The van der Waals surface area contributed by atoms with Crippen LogP contribution < -0.4 is 5.32 Å². The minimum absolute atomic E-state index is 0.0300. The van der Waals surface area contributed by atoms with E-state index in [2.05, 4.69) is 17.4 Å². The van der Waals surface area contributed by atoms with Gasteiger partial charge in [0, 0.05) is 75.5 Å². The van der Waals surface area contributed by atoms with Crippen LogP contribution in [-0.4, -0.2) is 57.6 Å². The van der Waals surface area contributed by atoms with Crippen molar-refractivity contribution in [3.63, 3.8) is 0 Å². The molecule has 0 radical (unpaired) electrons. The Bertz CT molecular complexity index is 1240. The second kappa shape index (κ2) is 10.6. The van der Waals surface area contributed by atoms with Gasteiger partial charge in [0.2, 0.25) is 5.91 Å². The van der Waals surface area contributed by atoms with Crippen LogP contribution in [0.2, 0.25) is 0 Å². The average Bonchev–Trinajstić information content (AvgIpc) is 3.10. The van der Waals surface area contributed by atoms with Gasteiger partial charge in [0.05, 0.1) is 0 Å². The van der Waals surface area contributed by atoms with Crippen molar-refractivity contribution in [2.75, 3.05) is 26.2 Å². The lowest BCUT2D eigenvalue weighted by Crippen LogP contribution is -2.36. The third-order valence-corrected chi connectivity index (χ3v) is 6.91. The van der Waals surface area contributed by atoms with E-state index >= 15 is 0 Å². The standard InChI is InChI=1S/C27H29F2N5O2/c28-22-7-4-8-23(29)20(22)17-32-13-10-24-21(18-32)26(27(36)33-14-11-25(35)30-12-16-33)31-34(24)15-9-19-5-2-1-3-6-19/h1-8H,9-18H2,(H,30,35). The van der Waals surface area contributed by atoms with E-state index in [0.29, 0.717) is 51.4 Å². The molecule has 7 nitrogen and oxygen atoms in total. The quantitative estimate of drug-likeness (QED) is 0.573. The van der Waals surface area contributed by atoms with E-state index in [0.717, 1.165) is 17.7 Å². The van der Waals surface area contributed by atoms with Gasteiger partial charge in [-0.15, -0.1) is 0 Å². The highest BCUT2D eigenvalue weighted by molar-refractivity contribution is 5.94. The first kappa shape index (κ1) is 24.1. The van der Waals surface area contributed by atoms with Gasteiger partial charge in [-0.05, 0) is 24.1 Å². The number of amides is 2. The molecule has 9 heteroatoms. The van der Waals surface area contributed by atoms with Crippen LogP contribution in [0.4, 0.5) is 8.78 Å². The largest absolute Gasteiger partial charge is 0.354 e. The van der Waals surface area contributed by atoms with E-state index in [4.69, 9.17) is 5.10 Å². The molecule has 1 N–H and O–H groups in total. The van der Waals surface area contributed by atoms with Gasteiger partial charge in [-0.3, -0.25) is 19.2 Å². The van der Waals surface area contributed by atoms with E-state index in [1.807, 2.05) is 27.8 Å². The van der Waals surface area contributed by atoms with Crippen molar-refractivity contribution in [1.29, 1.82) is 0 Å². The molecule has 5 rings (SSSR count). The summed E-state index contributed by atoms with van der Waals surface area (Å²) < 4.78 is 30.5. The number of carbonyl (C=O) groups excluding carboxylic acids is 2. The first-order valence-electron chi connectivity index (χ1n) is 12.3. The third kappa shape index (κ3) is 5.16. The van der Waals surface area contributed by atoms with Gasteiger partial charge in [-0.25, -0.2) is 8.78 Å². The Hall–Kier alpha value is -3.59. The summed E-state index contributed by atoms with van der Waals surface area (Å²) in [7, 11) is 0. The maximum Gasteiger partial charge on any atom is 0.274 e. The zero-order valence-electron chi connectivity index (χ0n) is 20.1. The lowest BCUT2D eigenvalue weighted by Gasteiger charge is -2.28. The topological polar surface area (TPSA) is 70.5 Å². The Labute approximate surface area is 208 Å². The first-order chi connectivity index (χ1) is 17.5. The van der Waals surface area contributed by atoms with Crippen LogP contribution in [0.15, 0.2) is 48.5 Å². The number of halogens is 2. The number of carbonyl (C=O) groups is 2. The molecule has 0 bridgehead atoms. The van der Waals surface area contributed by atoms with Crippen molar-refractivity contribution in [3.8, 4) is 0 Å². The van der Waals surface area contributed by atoms with Crippen molar-refractivity contribution in [2.24, 2.45) is 0 Å². The van der Waals surface area contributed by atoms with Gasteiger partial charge < -0.3 is 10.2 Å². The summed E-state index contributed by atoms with van der Waals surface area (Å²) in [6, 6.07) is 14.0. The van der Waals surface area contributed by atoms with Gasteiger partial charge in [0.15, 0.2) is 5.69 Å². The molecule has 2 aromatic carbocycles. The van der Waals surface area contributed by atoms with Crippen molar-refractivity contribution in [2.45, 2.75) is 38.9 Å². The fourth-order valence-corrected chi connectivity index (χ4v) is 4.94. The summed E-state index contributed by atoms with van der Waals surface area (Å²) in [5, 5.41) is 7.55. The number of hydrogen-bond donors (Lipinski definition) is 1. The number of benzene rings is 2. The lowest BCUT2D eigenvalue weighted by molar-refractivity contribution is -0.120. The molecule has 3 heterocycles. The average molecular weight is 494 g/mol. The Morgan fingerprint density at radius 1 is 0.972 bits per heavy atom. The fourth-order valence-electron chi connectivity index (χ4n) is 4.94. The summed E-state index contributed by atoms with van der Waals surface area (Å²) >= 11 is 0. The molecule has 0 spiro atoms. The van der Waals surface area contributed by atoms with Crippen molar-refractivity contribution in [1.82, 2.24) is 24.9 Å². The zero-order valence-corrected chi connectivity index (χ0v) is 20.1. The monoisotopic (exact) mass is 493 g/mol. The second-order valence-corrected chi connectivity index (χ2v) is 9.29. The molecule has 3 aromatic rings. The maximum absolute atomic E-state index is 14.3. The van der Waals surface area contributed by atoms with E-state index in [-0.39, 0.29) is 30.3 Å². The highest BCUT2D eigenvalue weighted by Crippen LogP contribution is 2.27. The number of fused-ring (bicyclic) bond motifs is 1. The van der Waals surface area contributed by atoms with E-state index in [9.17, 15) is 18.4 Å². The van der Waals surface area contributed by atoms with Crippen LogP contribution in [0.25, 0.3) is 0 Å². The SMILES string of the molecule is O=C1CCN(C(=O)c2nn(CCc3ccccc3)c3c2CN(Cc2c(F)cccc2F)CC3)CCN1. The van der Waals surface area contributed by atoms with Crippen LogP contribution in [0.3, 0.4) is 0 Å². The molecule has 188 valence electrons. The smallest absolute Gasteiger partial charge is 0.274 e. The van der Waals surface area contributed by atoms with Crippen LogP contribution in [0.5, 0.6) is 0 Å². The van der Waals surface area contributed by atoms with Crippen LogP contribution in [0, 0.1) is 11.6 Å². The summed E-state index contributed by atoms with van der Waals surface area (Å²) in [6.45, 7) is 2.87. The van der Waals surface area contributed by atoms with Crippen LogP contribution in [0.1, 0.15) is 39.3 Å². The van der Waals surface area contributed by atoms with Crippen LogP contribution >= 0.6 is 0 Å². The fraction of sp³-hybridized carbons (Fsp3) is 0.370. The third-order valence-electron chi connectivity index (χ3n) is 6.91. The second-order valence-electron chi connectivity index (χ2n) is 9.29. The summed E-state index contributed by atoms with van der Waals surface area (Å²) in [4.78, 5) is 29.0. The van der Waals surface area contributed by atoms with Crippen LogP contribution in [-0.2, 0) is 37.3 Å². The Morgan fingerprint density at radius 3 is 2.53 bits per heavy atom. The lowest BCUT2D eigenvalue weighted by atomic mass is 10.0. The molecular weight excluding hydrogens is 464 g/mol. The van der Waals surface area contributed by atoms with E-state index < -0.39 is 11.6 Å². The van der Waals surface area contributed by atoms with Crippen molar-refractivity contribution in [3.05, 3.63) is 88.2 Å². The molecule has 0 atom stereocenters. The Morgan fingerprint density at radius 2 is 1.75 bits per heavy atom. The molecule has 1 fully saturated rings. The van der Waals surface area contributed by atoms with Gasteiger partial charge in [0.25, 0.3) is 5.91 Å². The van der Waals surface area contributed by atoms with E-state index in [1.165, 1.54) is 23.8 Å². The highest BCUT2D eigenvalue weighted by Gasteiger charge is 2.31. The molecule has 0 saturated carbocycles. The molecule has 2 aliphatic heterocycles. The highest BCUT2D eigenvalue weighted by atomic mass is 19.1. The van der Waals surface area contributed by atoms with E-state index in [1.54, 1.807) is 4.90 Å². The minimum Gasteiger partial charge on any atom is -0.354 e. The molecule has 1 saturated heterocycles. The van der Waals surface area contributed by atoms with Gasteiger partial charge in [-0.1, -0.05) is 36.4 Å². The predicted octanol–water partition coefficient (Wildman–Crippen LogP) is 2.92. The molecule has 36 heavy (non-hydrogen) atoms. The Balaban J connectivity index is 1.42. The zero-order chi connectivity index (χ0) is 25.1. The number of aryl methyl sites for hydroxylation is 2. The molecule has 2 aliphatic rings. The first-order valence-corrected chi connectivity index (χ1v) is 12.3. The maximum atomic E-state index is 14.3. The normalized spacial score (nSPS) is 16.4. The van der Waals surface area contributed by atoms with Gasteiger partial charge >= 0.3 is 0 Å². The Kier molecular flexibility index (Phi) is 7.09. The minimum atomic E-state index is -0.572. The molecule has 2 amide bonds. The number of aromatic nitrogens is 2. The van der Waals surface area contributed by atoms with Gasteiger partial charge in [-0.2, -0.15) is 5.10 Å². The number of nitrogens with one attached hydrogen (secondary N) is 1. The van der Waals surface area contributed by atoms with Gasteiger partial charge in [0.1, 0.15) is 11.6 Å². The number of rotatable bonds is 6. The molecule has 0 aliphatic carbocycles. The molecule has 1 aromatic heterocycles. The summed E-state index contributed by atoms with van der Waals surface area (Å²) in [5.74, 6) is -1.42. The van der Waals surface area contributed by atoms with Crippen molar-refractivity contribution < 1.29 is 18.4 Å². The predicted molar refractivity (Wildman–Crippen MR) is 130 cm³/mol. The summed E-state index contributed by atoms with van der Waals surface area (Å²) in [6.07, 6.45) is 1.65. The number of nitrogens with zero attached hydrogens (tertiary/aromatic N) is 4. The summed E-state index contributed by atoms with van der Waals surface area (Å²) in [5.41, 5.74) is 3.37. The number of hydrogen-bond acceptors (Lipinski definition) is 4. The molecule has 0 unspecified atom stereocenters.